The van der Waals surface area contributed by atoms with E-state index < -0.39 is 11.9 Å². The summed E-state index contributed by atoms with van der Waals surface area (Å²) in [4.78, 5) is 20.7. The van der Waals surface area contributed by atoms with Crippen molar-refractivity contribution < 1.29 is 24.5 Å². The average molecular weight is 382 g/mol. The quantitative estimate of drug-likeness (QED) is 0.467. The number of carbonyl (C=O) groups is 2. The fourth-order valence-electron chi connectivity index (χ4n) is 2.68. The van der Waals surface area contributed by atoms with Crippen molar-refractivity contribution in [3.8, 4) is 5.75 Å². The first-order chi connectivity index (χ1) is 12.7. The number of hydrogen-bond acceptors (Lipinski definition) is 4. The highest BCUT2D eigenvalue weighted by Gasteiger charge is 2.08. The summed E-state index contributed by atoms with van der Waals surface area (Å²) in [5, 5.41) is 14.8. The zero-order valence-corrected chi connectivity index (χ0v) is 17.3. The number of ether oxygens (including phenoxy) is 1. The van der Waals surface area contributed by atoms with Gasteiger partial charge in [-0.25, -0.2) is 9.59 Å². The van der Waals surface area contributed by atoms with Crippen molar-refractivity contribution in [3.63, 3.8) is 0 Å². The molecule has 0 saturated heterocycles. The van der Waals surface area contributed by atoms with Crippen LogP contribution in [-0.2, 0) is 9.59 Å². The molecule has 6 nitrogen and oxygen atoms in total. The summed E-state index contributed by atoms with van der Waals surface area (Å²) in [5.74, 6) is -2.06. The lowest BCUT2D eigenvalue weighted by Crippen LogP contribution is -2.27. The van der Waals surface area contributed by atoms with Crippen LogP contribution in [0.1, 0.15) is 64.0 Å². The molecule has 0 amide bonds. The van der Waals surface area contributed by atoms with Gasteiger partial charge in [0.05, 0.1) is 6.61 Å². The normalized spacial score (nSPS) is 10.5. The average Bonchev–Trinajstić information content (AvgIpc) is 2.59. The molecule has 0 radical (unpaired) electrons. The number of nitrogens with zero attached hydrogens (tertiary/aromatic N) is 1. The predicted molar refractivity (Wildman–Crippen MR) is 108 cm³/mol. The SMILES string of the molecule is CCCN(CCC)CCCOc1cc(C)ccc1C(C)C.O=C(O)C(=O)O. The second-order valence-corrected chi connectivity index (χ2v) is 6.85. The van der Waals surface area contributed by atoms with Crippen LogP contribution in [0, 0.1) is 6.92 Å². The van der Waals surface area contributed by atoms with Crippen LogP contribution in [0.25, 0.3) is 0 Å². The summed E-state index contributed by atoms with van der Waals surface area (Å²) in [6, 6.07) is 6.55. The third-order valence-electron chi connectivity index (χ3n) is 3.93. The van der Waals surface area contributed by atoms with Crippen molar-refractivity contribution in [1.82, 2.24) is 4.90 Å². The van der Waals surface area contributed by atoms with Gasteiger partial charge in [0.1, 0.15) is 5.75 Å². The molecule has 0 atom stereocenters. The molecule has 0 aliphatic carbocycles. The van der Waals surface area contributed by atoms with Crippen LogP contribution in [0.15, 0.2) is 18.2 Å². The molecule has 0 spiro atoms. The van der Waals surface area contributed by atoms with Crippen LogP contribution >= 0.6 is 0 Å². The molecule has 1 aromatic carbocycles. The molecule has 6 heteroatoms. The number of benzene rings is 1. The Balaban J connectivity index is 0.000000972. The van der Waals surface area contributed by atoms with E-state index in [4.69, 9.17) is 24.5 Å². The number of carboxylic acid groups (broad SMARTS) is 2. The Hall–Kier alpha value is -2.08. The van der Waals surface area contributed by atoms with Gasteiger partial charge in [-0.3, -0.25) is 0 Å². The van der Waals surface area contributed by atoms with Crippen molar-refractivity contribution in [2.75, 3.05) is 26.2 Å². The molecular weight excluding hydrogens is 346 g/mol. The van der Waals surface area contributed by atoms with Gasteiger partial charge in [0.15, 0.2) is 0 Å². The Kier molecular flexibility index (Phi) is 13.0. The first-order valence-corrected chi connectivity index (χ1v) is 9.64. The topological polar surface area (TPSA) is 87.1 Å². The molecule has 0 fully saturated rings. The van der Waals surface area contributed by atoms with E-state index in [1.807, 2.05) is 0 Å². The molecule has 0 bridgehead atoms. The lowest BCUT2D eigenvalue weighted by molar-refractivity contribution is -0.159. The highest BCUT2D eigenvalue weighted by Crippen LogP contribution is 2.27. The lowest BCUT2D eigenvalue weighted by atomic mass is 10.0. The Morgan fingerprint density at radius 1 is 1.04 bits per heavy atom. The number of hydrogen-bond donors (Lipinski definition) is 2. The van der Waals surface area contributed by atoms with Crippen molar-refractivity contribution in [2.45, 2.75) is 59.8 Å². The van der Waals surface area contributed by atoms with Gasteiger partial charge in [-0.05, 0) is 62.4 Å². The maximum Gasteiger partial charge on any atom is 0.414 e. The Labute approximate surface area is 163 Å². The predicted octanol–water partition coefficient (Wildman–Crippen LogP) is 4.16. The van der Waals surface area contributed by atoms with Crippen molar-refractivity contribution >= 4 is 11.9 Å². The monoisotopic (exact) mass is 381 g/mol. The molecule has 0 saturated carbocycles. The van der Waals surface area contributed by atoms with Gasteiger partial charge in [-0.15, -0.1) is 0 Å². The fraction of sp³-hybridized carbons (Fsp3) is 0.619. The van der Waals surface area contributed by atoms with Gasteiger partial charge in [0.25, 0.3) is 0 Å². The smallest absolute Gasteiger partial charge is 0.414 e. The third-order valence-corrected chi connectivity index (χ3v) is 3.93. The van der Waals surface area contributed by atoms with Gasteiger partial charge < -0.3 is 19.8 Å². The largest absolute Gasteiger partial charge is 0.493 e. The van der Waals surface area contributed by atoms with E-state index in [9.17, 15) is 0 Å². The molecule has 27 heavy (non-hydrogen) atoms. The summed E-state index contributed by atoms with van der Waals surface area (Å²) in [6.45, 7) is 15.4. The van der Waals surface area contributed by atoms with Crippen molar-refractivity contribution in [3.05, 3.63) is 29.3 Å². The standard InChI is InChI=1S/C19H33NO.C2H2O4/c1-6-11-20(12-7-2)13-8-14-21-19-15-17(5)9-10-18(19)16(3)4;3-1(4)2(5)6/h9-10,15-16H,6-8,11-14H2,1-5H3;(H,3,4)(H,5,6). The van der Waals surface area contributed by atoms with Crippen LogP contribution in [0.2, 0.25) is 0 Å². The van der Waals surface area contributed by atoms with Crippen molar-refractivity contribution in [2.24, 2.45) is 0 Å². The third kappa shape index (κ3) is 11.3. The highest BCUT2D eigenvalue weighted by molar-refractivity contribution is 6.27. The Morgan fingerprint density at radius 2 is 1.59 bits per heavy atom. The van der Waals surface area contributed by atoms with E-state index >= 15 is 0 Å². The zero-order valence-electron chi connectivity index (χ0n) is 17.3. The summed E-state index contributed by atoms with van der Waals surface area (Å²) in [7, 11) is 0. The fourth-order valence-corrected chi connectivity index (χ4v) is 2.68. The Morgan fingerprint density at radius 3 is 2.04 bits per heavy atom. The summed E-state index contributed by atoms with van der Waals surface area (Å²) < 4.78 is 6.06. The van der Waals surface area contributed by atoms with E-state index in [0.29, 0.717) is 5.92 Å². The Bertz CT molecular complexity index is 554. The second kappa shape index (κ2) is 14.0. The van der Waals surface area contributed by atoms with Gasteiger partial charge in [0.2, 0.25) is 0 Å². The van der Waals surface area contributed by atoms with Gasteiger partial charge >= 0.3 is 11.9 Å². The zero-order chi connectivity index (χ0) is 20.8. The van der Waals surface area contributed by atoms with E-state index in [0.717, 1.165) is 25.3 Å². The minimum Gasteiger partial charge on any atom is -0.493 e. The molecule has 154 valence electrons. The van der Waals surface area contributed by atoms with E-state index in [2.05, 4.69) is 57.7 Å². The molecule has 2 N–H and O–H groups in total. The van der Waals surface area contributed by atoms with Crippen LogP contribution in [0.3, 0.4) is 0 Å². The first-order valence-electron chi connectivity index (χ1n) is 9.64. The van der Waals surface area contributed by atoms with E-state index in [1.54, 1.807) is 0 Å². The minimum atomic E-state index is -1.82. The highest BCUT2D eigenvalue weighted by atomic mass is 16.5. The molecular formula is C21H35NO5. The summed E-state index contributed by atoms with van der Waals surface area (Å²) >= 11 is 0. The van der Waals surface area contributed by atoms with Crippen molar-refractivity contribution in [1.29, 1.82) is 0 Å². The molecule has 0 aliphatic heterocycles. The van der Waals surface area contributed by atoms with Crippen LogP contribution in [0.4, 0.5) is 0 Å². The first kappa shape index (κ1) is 24.9. The maximum absolute atomic E-state index is 9.10. The molecule has 0 aliphatic rings. The van der Waals surface area contributed by atoms with E-state index in [-0.39, 0.29) is 0 Å². The van der Waals surface area contributed by atoms with Gasteiger partial charge in [-0.1, -0.05) is 39.8 Å². The van der Waals surface area contributed by atoms with Crippen LogP contribution in [-0.4, -0.2) is 53.3 Å². The molecule has 1 rings (SSSR count). The molecule has 1 aromatic rings. The maximum atomic E-state index is 9.10. The summed E-state index contributed by atoms with van der Waals surface area (Å²) in [6.07, 6.45) is 3.57. The molecule has 0 heterocycles. The summed E-state index contributed by atoms with van der Waals surface area (Å²) in [5.41, 5.74) is 2.59. The van der Waals surface area contributed by atoms with Gasteiger partial charge in [0, 0.05) is 6.54 Å². The second-order valence-electron chi connectivity index (χ2n) is 6.85. The lowest BCUT2D eigenvalue weighted by Gasteiger charge is -2.21. The van der Waals surface area contributed by atoms with Gasteiger partial charge in [-0.2, -0.15) is 0 Å². The number of carboxylic acids is 2. The minimum absolute atomic E-state index is 0.511. The number of rotatable bonds is 10. The molecule has 0 aromatic heterocycles. The number of aryl methyl sites for hydroxylation is 1. The number of aliphatic carboxylic acids is 2. The van der Waals surface area contributed by atoms with E-state index in [1.165, 1.54) is 37.1 Å². The van der Waals surface area contributed by atoms with Crippen LogP contribution < -0.4 is 4.74 Å². The molecule has 0 unspecified atom stereocenters. The van der Waals surface area contributed by atoms with Crippen LogP contribution in [0.5, 0.6) is 5.75 Å².